The number of aliphatic hydroxyl groups is 1. The molecule has 27 heteroatoms. The summed E-state index contributed by atoms with van der Waals surface area (Å²) < 4.78 is 66.3. The minimum Gasteiger partial charge on any atom is -0.756 e. The second-order valence-electron chi connectivity index (χ2n) is 14.2. The fourth-order valence-electron chi connectivity index (χ4n) is 6.31. The Morgan fingerprint density at radius 1 is 0.952 bits per heavy atom. The molecule has 0 aromatic carbocycles. The molecule has 4 unspecified atom stereocenters. The van der Waals surface area contributed by atoms with E-state index in [9.17, 15) is 48.0 Å². The normalized spacial score (nSPS) is 24.2. The number of nitrogens with one attached hydrogen (secondary N) is 3. The fraction of sp³-hybridized carbons (Fsp3) is 0.694. The van der Waals surface area contributed by atoms with Crippen molar-refractivity contribution in [3.63, 3.8) is 0 Å². The first kappa shape index (κ1) is 54.2. The number of hydrogen-bond acceptors (Lipinski definition) is 20. The maximum absolute atomic E-state index is 12.4. The first-order valence-electron chi connectivity index (χ1n) is 20.1. The largest absolute Gasteiger partial charge is 0.756 e. The number of H-pyrrole nitrogens is 2. The Morgan fingerprint density at radius 3 is 2.32 bits per heavy atom. The third-order valence-corrected chi connectivity index (χ3v) is 11.8. The molecule has 2 aliphatic rings. The molecule has 4 heterocycles. The molecule has 2 aromatic rings. The van der Waals surface area contributed by atoms with E-state index in [1.807, 2.05) is 0 Å². The summed E-state index contributed by atoms with van der Waals surface area (Å²) in [4.78, 5) is 87.6. The van der Waals surface area contributed by atoms with Gasteiger partial charge < -0.3 is 63.0 Å². The average molecular weight is 957 g/mol. The van der Waals surface area contributed by atoms with E-state index < -0.39 is 87.7 Å². The van der Waals surface area contributed by atoms with Gasteiger partial charge in [-0.3, -0.25) is 42.6 Å². The number of carbonyl (C=O) groups is 1. The van der Waals surface area contributed by atoms with Crippen molar-refractivity contribution in [1.29, 1.82) is 0 Å². The van der Waals surface area contributed by atoms with Gasteiger partial charge in [0.2, 0.25) is 5.91 Å². The van der Waals surface area contributed by atoms with Gasteiger partial charge in [0, 0.05) is 58.8 Å². The molecule has 0 spiro atoms. The number of phosphoric acid groups is 2. The average Bonchev–Trinajstić information content (AvgIpc) is 3.77. The van der Waals surface area contributed by atoms with Gasteiger partial charge in [0.1, 0.15) is 30.6 Å². The van der Waals surface area contributed by atoms with Crippen LogP contribution in [0.4, 0.5) is 0 Å². The van der Waals surface area contributed by atoms with Gasteiger partial charge in [-0.15, -0.1) is 0 Å². The zero-order valence-electron chi connectivity index (χ0n) is 35.2. The van der Waals surface area contributed by atoms with Crippen LogP contribution in [0.15, 0.2) is 43.7 Å². The minimum atomic E-state index is -4.58. The molecular weight excluding hydrogens is 898 g/mol. The van der Waals surface area contributed by atoms with Crippen LogP contribution >= 0.6 is 28.3 Å². The van der Waals surface area contributed by atoms with Gasteiger partial charge in [-0.2, -0.15) is 12.6 Å². The monoisotopic (exact) mass is 956 g/mol. The summed E-state index contributed by atoms with van der Waals surface area (Å²) in [7, 11) is -5.46. The van der Waals surface area contributed by atoms with Gasteiger partial charge in [0.15, 0.2) is 6.23 Å². The van der Waals surface area contributed by atoms with Crippen molar-refractivity contribution in [3.05, 3.63) is 71.8 Å². The van der Waals surface area contributed by atoms with Crippen LogP contribution in [0.1, 0.15) is 75.8 Å². The van der Waals surface area contributed by atoms with Crippen LogP contribution in [0.3, 0.4) is 0 Å². The van der Waals surface area contributed by atoms with Crippen molar-refractivity contribution < 1.29 is 65.9 Å². The molecule has 9 atom stereocenters. The lowest BCUT2D eigenvalue weighted by atomic mass is 10.1. The van der Waals surface area contributed by atoms with Crippen molar-refractivity contribution in [2.45, 2.75) is 101 Å². The lowest BCUT2D eigenvalue weighted by Gasteiger charge is -2.26. The Kier molecular flexibility index (Phi) is 23.6. The van der Waals surface area contributed by atoms with Crippen molar-refractivity contribution in [2.24, 2.45) is 5.73 Å². The maximum atomic E-state index is 12.4. The number of nitrogens with two attached hydrogens (primary N) is 1. The number of aromatic amines is 2. The molecule has 6 N–H and O–H groups in total. The molecule has 358 valence electrons. The smallest absolute Gasteiger partial charge is 0.330 e. The van der Waals surface area contributed by atoms with Gasteiger partial charge >= 0.3 is 11.4 Å². The van der Waals surface area contributed by atoms with E-state index in [-0.39, 0.29) is 31.1 Å². The van der Waals surface area contributed by atoms with Gasteiger partial charge in [0.25, 0.3) is 26.8 Å². The lowest BCUT2D eigenvalue weighted by Crippen LogP contribution is -2.38. The first-order valence-corrected chi connectivity index (χ1v) is 23.6. The van der Waals surface area contributed by atoms with Gasteiger partial charge in [-0.05, 0) is 44.1 Å². The Morgan fingerprint density at radius 2 is 1.65 bits per heavy atom. The molecule has 24 nitrogen and oxygen atoms in total. The second-order valence-corrected chi connectivity index (χ2v) is 17.5. The van der Waals surface area contributed by atoms with Crippen LogP contribution in [0.25, 0.3) is 6.08 Å². The molecule has 4 rings (SSSR count). The summed E-state index contributed by atoms with van der Waals surface area (Å²) in [5.41, 5.74) is 2.69. The molecule has 0 saturated carbocycles. The Hall–Kier alpha value is -3.10. The Balaban J connectivity index is 0.000000340. The number of hydrogen-bond donors (Lipinski definition) is 6. The van der Waals surface area contributed by atoms with Crippen molar-refractivity contribution >= 4 is 40.3 Å². The third-order valence-electron chi connectivity index (χ3n) is 9.56. The molecule has 0 bridgehead atoms. The van der Waals surface area contributed by atoms with Crippen LogP contribution in [-0.4, -0.2) is 121 Å². The van der Waals surface area contributed by atoms with Crippen LogP contribution in [0.2, 0.25) is 0 Å². The third kappa shape index (κ3) is 18.0. The second kappa shape index (κ2) is 27.4. The van der Waals surface area contributed by atoms with E-state index in [1.165, 1.54) is 38.8 Å². The number of unbranched alkanes of at least 4 members (excludes halogenated alkanes) is 6. The number of nitrogens with zero attached hydrogens (tertiary/aromatic N) is 2. The van der Waals surface area contributed by atoms with Gasteiger partial charge in [-0.25, -0.2) is 9.59 Å². The zero-order valence-corrected chi connectivity index (χ0v) is 37.9. The van der Waals surface area contributed by atoms with Crippen LogP contribution < -0.4 is 43.3 Å². The van der Waals surface area contributed by atoms with E-state index in [0.717, 1.165) is 73.0 Å². The summed E-state index contributed by atoms with van der Waals surface area (Å²) in [6, 6.07) is 1.11. The van der Waals surface area contributed by atoms with Crippen molar-refractivity contribution in [1.82, 2.24) is 24.4 Å². The number of phosphoric ester groups is 2. The van der Waals surface area contributed by atoms with E-state index in [0.29, 0.717) is 19.5 Å². The maximum Gasteiger partial charge on any atom is 0.330 e. The SMILES string of the molecule is COC[C@H]1O[C@@H](n2cc(/C=C/C(=O)NCCCCCCN)c(=O)[nH]c2=O)CC1OP(=O)([O-])OC.CO[C@H]1C(O)[C@@H](COP(=O)([O-])OCCCCCCS)O[C@H]1n1ccc(=O)[nH]c1=O. The Labute approximate surface area is 368 Å². The number of aliphatic hydroxyl groups excluding tert-OH is 1. The molecule has 2 aliphatic heterocycles. The number of carbonyl (C=O) groups excluding carboxylic acids is 1. The molecule has 0 aliphatic carbocycles. The van der Waals surface area contributed by atoms with Gasteiger partial charge in [0.05, 0.1) is 31.5 Å². The standard InChI is InChI=1S/C20H33N4O9P.C16H27N2O9PS/c1-30-13-16-15(33-34(28,29)31-2)11-18(32-16)24-12-14(19(26)23-20(24)27)7-8-17(25)22-10-6-4-3-5-9-21;1-24-14-13(20)11(27-15(14)18-7-6-12(19)17-16(18)21)10-26-28(22,23)25-8-4-2-3-5-9-29/h7-8,12,15-16,18H,3-6,9-11,13,21H2,1-2H3,(H,22,25)(H,28,29)(H,23,26,27);6-7,11,13-15,20,29H,2-5,8-10H2,1H3,(H,22,23)(H,17,19,21)/p-2/b8-7+;/t15?,16-,18-;11-,13?,14+,15-/m11/s1. The highest BCUT2D eigenvalue weighted by Gasteiger charge is 2.46. The number of methoxy groups -OCH3 is 2. The summed E-state index contributed by atoms with van der Waals surface area (Å²) >= 11 is 4.10. The predicted octanol–water partition coefficient (Wildman–Crippen LogP) is -0.579. The molecule has 2 fully saturated rings. The Bertz CT molecular complexity index is 2080. The predicted molar refractivity (Wildman–Crippen MR) is 225 cm³/mol. The van der Waals surface area contributed by atoms with E-state index in [4.69, 9.17) is 38.3 Å². The summed E-state index contributed by atoms with van der Waals surface area (Å²) in [6.07, 6.45) is 4.72. The fourth-order valence-corrected chi connectivity index (χ4v) is 7.93. The van der Waals surface area contributed by atoms with Crippen molar-refractivity contribution in [2.75, 3.05) is 60.0 Å². The van der Waals surface area contributed by atoms with E-state index >= 15 is 0 Å². The van der Waals surface area contributed by atoms with Crippen LogP contribution in [-0.2, 0) is 51.0 Å². The molecule has 63 heavy (non-hydrogen) atoms. The number of amides is 1. The summed E-state index contributed by atoms with van der Waals surface area (Å²) in [6.45, 7) is 0.619. The molecule has 0 radical (unpaired) electrons. The molecular formula is C36H58N6O18P2S-2. The first-order chi connectivity index (χ1) is 30.0. The zero-order chi connectivity index (χ0) is 46.6. The lowest BCUT2D eigenvalue weighted by molar-refractivity contribution is -0.230. The van der Waals surface area contributed by atoms with Crippen LogP contribution in [0, 0.1) is 0 Å². The topological polar surface area (TPSA) is 339 Å². The van der Waals surface area contributed by atoms with E-state index in [1.54, 1.807) is 0 Å². The molecule has 2 aromatic heterocycles. The van der Waals surface area contributed by atoms with Crippen LogP contribution in [0.5, 0.6) is 0 Å². The summed E-state index contributed by atoms with van der Waals surface area (Å²) in [5.74, 6) is 0.398. The summed E-state index contributed by atoms with van der Waals surface area (Å²) in [5, 5.41) is 13.1. The number of rotatable bonds is 26. The van der Waals surface area contributed by atoms with Crippen molar-refractivity contribution in [3.8, 4) is 0 Å². The number of aromatic nitrogens is 4. The highest BCUT2D eigenvalue weighted by Crippen LogP contribution is 2.44. The highest BCUT2D eigenvalue weighted by molar-refractivity contribution is 7.80. The minimum absolute atomic E-state index is 0.00212. The molecule has 1 amide bonds. The highest BCUT2D eigenvalue weighted by atomic mass is 32.1. The number of thiol groups is 1. The quantitative estimate of drug-likeness (QED) is 0.0297. The molecule has 2 saturated heterocycles. The van der Waals surface area contributed by atoms with E-state index in [2.05, 4.69) is 32.4 Å². The van der Waals surface area contributed by atoms with Gasteiger partial charge in [-0.1, -0.05) is 25.7 Å². The number of ether oxygens (including phenoxy) is 4.